The van der Waals surface area contributed by atoms with Crippen LogP contribution in [0.5, 0.6) is 0 Å². The molecule has 0 spiro atoms. The molecule has 0 aliphatic rings. The van der Waals surface area contributed by atoms with Crippen LogP contribution in [0, 0.1) is 11.8 Å². The van der Waals surface area contributed by atoms with E-state index < -0.39 is 14.2 Å². The Bertz CT molecular complexity index is 369. The van der Waals surface area contributed by atoms with Crippen LogP contribution in [-0.2, 0) is 0 Å². The minimum Gasteiger partial charge on any atom is -0.172 e. The predicted octanol–water partition coefficient (Wildman–Crippen LogP) is 5.23. The zero-order chi connectivity index (χ0) is 13.7. The van der Waals surface area contributed by atoms with Gasteiger partial charge < -0.3 is 0 Å². The van der Waals surface area contributed by atoms with Crippen molar-refractivity contribution in [3.63, 3.8) is 0 Å². The zero-order valence-corrected chi connectivity index (χ0v) is 12.6. The maximum atomic E-state index is 12.0. The molecule has 0 saturated heterocycles. The van der Waals surface area contributed by atoms with Crippen molar-refractivity contribution in [3.05, 3.63) is 23.8 Å². The monoisotopic (exact) mass is 256 g/mol. The second-order valence-electron chi connectivity index (χ2n) is 5.90. The van der Waals surface area contributed by atoms with Gasteiger partial charge in [-0.15, -0.1) is 0 Å². The summed E-state index contributed by atoms with van der Waals surface area (Å²) in [7, 11) is -1.32. The zero-order valence-electron chi connectivity index (χ0n) is 11.6. The molecule has 0 amide bonds. The fraction of sp³-hybridized carbons (Fsp3) is 0.571. The Labute approximate surface area is 105 Å². The largest absolute Gasteiger partial charge is 0.281 e. The lowest BCUT2D eigenvalue weighted by molar-refractivity contribution is 0.415. The van der Waals surface area contributed by atoms with Crippen molar-refractivity contribution in [1.82, 2.24) is 0 Å². The first-order valence-electron chi connectivity index (χ1n) is 5.76. The van der Waals surface area contributed by atoms with Gasteiger partial charge >= 0.3 is 0 Å². The van der Waals surface area contributed by atoms with Crippen molar-refractivity contribution in [1.29, 1.82) is 0 Å². The van der Waals surface area contributed by atoms with E-state index in [1.54, 1.807) is 6.08 Å². The van der Waals surface area contributed by atoms with Gasteiger partial charge in [-0.2, -0.15) is 8.78 Å². The Morgan fingerprint density at radius 2 is 1.76 bits per heavy atom. The van der Waals surface area contributed by atoms with Crippen LogP contribution in [0.25, 0.3) is 0 Å². The van der Waals surface area contributed by atoms with Crippen molar-refractivity contribution < 1.29 is 8.78 Å². The van der Waals surface area contributed by atoms with Gasteiger partial charge in [0.2, 0.25) is 0 Å². The van der Waals surface area contributed by atoms with Gasteiger partial charge in [-0.05, 0) is 24.1 Å². The molecule has 3 heteroatoms. The van der Waals surface area contributed by atoms with Crippen LogP contribution in [-0.4, -0.2) is 8.07 Å². The Morgan fingerprint density at radius 3 is 2.18 bits per heavy atom. The highest BCUT2D eigenvalue weighted by Crippen LogP contribution is 2.38. The highest BCUT2D eigenvalue weighted by Gasteiger charge is 2.33. The fourth-order valence-electron chi connectivity index (χ4n) is 0.916. The summed E-state index contributed by atoms with van der Waals surface area (Å²) in [6.07, 6.45) is 2.00. The molecule has 0 atom stereocenters. The van der Waals surface area contributed by atoms with E-state index in [1.165, 1.54) is 6.92 Å². The molecule has 0 nitrogen and oxygen atoms in total. The lowest BCUT2D eigenvalue weighted by Crippen LogP contribution is -2.36. The molecule has 0 aliphatic heterocycles. The number of hydrogen-bond acceptors (Lipinski definition) is 0. The molecule has 0 fully saturated rings. The van der Waals surface area contributed by atoms with E-state index >= 15 is 0 Å². The van der Waals surface area contributed by atoms with Crippen LogP contribution >= 0.6 is 0 Å². The quantitative estimate of drug-likeness (QED) is 0.469. The van der Waals surface area contributed by atoms with Crippen molar-refractivity contribution in [3.8, 4) is 11.8 Å². The first-order chi connectivity index (χ1) is 7.58. The van der Waals surface area contributed by atoms with Crippen molar-refractivity contribution in [2.45, 2.75) is 51.9 Å². The van der Waals surface area contributed by atoms with Crippen molar-refractivity contribution in [2.75, 3.05) is 0 Å². The molecule has 96 valence electrons. The van der Waals surface area contributed by atoms with Crippen LogP contribution < -0.4 is 0 Å². The third-order valence-electron chi connectivity index (χ3n) is 3.40. The molecule has 0 aliphatic carbocycles. The second kappa shape index (κ2) is 6.16. The molecule has 0 N–H and O–H groups in total. The van der Waals surface area contributed by atoms with Crippen molar-refractivity contribution >= 4 is 8.07 Å². The van der Waals surface area contributed by atoms with Gasteiger partial charge in [-0.1, -0.05) is 51.8 Å². The normalized spacial score (nSPS) is 12.2. The Hall–Kier alpha value is -0.883. The van der Waals surface area contributed by atoms with Crippen molar-refractivity contribution in [2.24, 2.45) is 0 Å². The first kappa shape index (κ1) is 16.1. The molecule has 0 rings (SSSR count). The summed E-state index contributed by atoms with van der Waals surface area (Å²) in [4.78, 5) is 0. The van der Waals surface area contributed by atoms with Gasteiger partial charge in [-0.3, -0.25) is 0 Å². The standard InChI is InChI=1S/C14H22F2Si/c1-12(13(15)16)10-8-7-9-11-17(5,6)14(2,3)4/h7,9H,11H2,1-6H3. The van der Waals surface area contributed by atoms with E-state index in [2.05, 4.69) is 45.7 Å². The number of hydrogen-bond donors (Lipinski definition) is 0. The van der Waals surface area contributed by atoms with E-state index in [9.17, 15) is 8.78 Å². The molecular weight excluding hydrogens is 234 g/mol. The summed E-state index contributed by atoms with van der Waals surface area (Å²) in [5.41, 5.74) is -0.151. The average molecular weight is 256 g/mol. The van der Waals surface area contributed by atoms with Gasteiger partial charge in [0.15, 0.2) is 0 Å². The van der Waals surface area contributed by atoms with E-state index in [-0.39, 0.29) is 5.57 Å². The Morgan fingerprint density at radius 1 is 1.24 bits per heavy atom. The maximum Gasteiger partial charge on any atom is 0.281 e. The van der Waals surface area contributed by atoms with Gasteiger partial charge in [0, 0.05) is 0 Å². The van der Waals surface area contributed by atoms with Crippen LogP contribution in [0.4, 0.5) is 8.78 Å². The molecule has 0 heterocycles. The van der Waals surface area contributed by atoms with E-state index in [0.29, 0.717) is 5.04 Å². The molecular formula is C14H22F2Si. The van der Waals surface area contributed by atoms with E-state index in [0.717, 1.165) is 6.04 Å². The SMILES string of the molecule is CC(C#CC=CC[Si](C)(C)C(C)(C)C)=C(F)F. The smallest absolute Gasteiger partial charge is 0.172 e. The van der Waals surface area contributed by atoms with Gasteiger partial charge in [0.1, 0.15) is 0 Å². The summed E-state index contributed by atoms with van der Waals surface area (Å²) in [6, 6.07) is 1.02. The summed E-state index contributed by atoms with van der Waals surface area (Å²) in [5.74, 6) is 5.06. The second-order valence-corrected chi connectivity index (χ2v) is 11.6. The Balaban J connectivity index is 4.47. The van der Waals surface area contributed by atoms with Gasteiger partial charge in [-0.25, -0.2) is 0 Å². The first-order valence-corrected chi connectivity index (χ1v) is 8.97. The number of rotatable bonds is 2. The van der Waals surface area contributed by atoms with E-state index in [4.69, 9.17) is 0 Å². The van der Waals surface area contributed by atoms with Crippen LogP contribution in [0.3, 0.4) is 0 Å². The molecule has 0 aromatic heterocycles. The summed E-state index contributed by atoms with van der Waals surface area (Å²) in [6.45, 7) is 12.7. The lowest BCUT2D eigenvalue weighted by Gasteiger charge is -2.36. The maximum absolute atomic E-state index is 12.0. The third kappa shape index (κ3) is 5.83. The molecule has 0 saturated carbocycles. The Kier molecular flexibility index (Phi) is 5.84. The topological polar surface area (TPSA) is 0 Å². The van der Waals surface area contributed by atoms with Crippen LogP contribution in [0.1, 0.15) is 27.7 Å². The molecule has 0 bridgehead atoms. The highest BCUT2D eigenvalue weighted by molar-refractivity contribution is 6.80. The summed E-state index contributed by atoms with van der Waals surface area (Å²) in [5, 5.41) is 0.339. The number of halogens is 2. The van der Waals surface area contributed by atoms with Gasteiger partial charge in [0.05, 0.1) is 13.6 Å². The lowest BCUT2D eigenvalue weighted by atomic mass is 10.2. The minimum atomic E-state index is -1.70. The molecule has 0 aromatic carbocycles. The minimum absolute atomic E-state index is 0.151. The number of allylic oxidation sites excluding steroid dienone is 3. The third-order valence-corrected chi connectivity index (χ3v) is 8.72. The van der Waals surface area contributed by atoms with E-state index in [1.807, 2.05) is 6.08 Å². The molecule has 17 heavy (non-hydrogen) atoms. The molecule has 0 aromatic rings. The summed E-state index contributed by atoms with van der Waals surface area (Å²) >= 11 is 0. The van der Waals surface area contributed by atoms with Crippen LogP contribution in [0.2, 0.25) is 24.2 Å². The fourth-order valence-corrected chi connectivity index (χ4v) is 2.24. The van der Waals surface area contributed by atoms with Crippen LogP contribution in [0.15, 0.2) is 23.8 Å². The molecule has 0 radical (unpaired) electrons. The molecule has 0 unspecified atom stereocenters. The summed E-state index contributed by atoms with van der Waals surface area (Å²) < 4.78 is 24.1. The van der Waals surface area contributed by atoms with Gasteiger partial charge in [0.25, 0.3) is 6.08 Å². The predicted molar refractivity (Wildman–Crippen MR) is 73.8 cm³/mol. The average Bonchev–Trinajstić information content (AvgIpc) is 2.14. The highest BCUT2D eigenvalue weighted by atomic mass is 28.3.